The van der Waals surface area contributed by atoms with Gasteiger partial charge in [0.1, 0.15) is 6.07 Å². The molecule has 2 atom stereocenters. The molecular weight excluding hydrogens is 252 g/mol. The van der Waals surface area contributed by atoms with Crippen LogP contribution < -0.4 is 5.32 Å². The second-order valence-electron chi connectivity index (χ2n) is 3.93. The average Bonchev–Trinajstić information content (AvgIpc) is 2.97. The smallest absolute Gasteiger partial charge is 0.103 e. The number of hydrogen-bond donors (Lipinski definition) is 1. The summed E-state index contributed by atoms with van der Waals surface area (Å²) in [5, 5.41) is 12.5. The Balaban J connectivity index is 2.15. The fourth-order valence-electron chi connectivity index (χ4n) is 1.83. The van der Waals surface area contributed by atoms with Gasteiger partial charge < -0.3 is 5.32 Å². The first-order valence-corrected chi connectivity index (χ1v) is 6.00. The zero-order chi connectivity index (χ0) is 10.8. The minimum absolute atomic E-state index is 0.566. The van der Waals surface area contributed by atoms with Crippen LogP contribution >= 0.6 is 15.9 Å². The third-order valence-corrected chi connectivity index (χ3v) is 3.57. The van der Waals surface area contributed by atoms with Gasteiger partial charge in [-0.15, -0.1) is 0 Å². The van der Waals surface area contributed by atoms with E-state index in [0.29, 0.717) is 11.6 Å². The molecule has 0 radical (unpaired) electrons. The van der Waals surface area contributed by atoms with Crippen molar-refractivity contribution in [3.8, 4) is 6.07 Å². The fraction of sp³-hybridized carbons (Fsp3) is 0.417. The minimum atomic E-state index is 0.566. The van der Waals surface area contributed by atoms with Crippen LogP contribution in [0.15, 0.2) is 22.7 Å². The molecule has 1 aliphatic carbocycles. The number of nitriles is 1. The Bertz CT molecular complexity index is 409. The van der Waals surface area contributed by atoms with E-state index >= 15 is 0 Å². The number of halogens is 1. The van der Waals surface area contributed by atoms with Crippen molar-refractivity contribution < 1.29 is 0 Å². The molecule has 78 valence electrons. The van der Waals surface area contributed by atoms with Gasteiger partial charge in [0.25, 0.3) is 0 Å². The van der Waals surface area contributed by atoms with Crippen molar-refractivity contribution in [2.75, 3.05) is 5.32 Å². The summed E-state index contributed by atoms with van der Waals surface area (Å²) in [7, 11) is 0. The minimum Gasteiger partial charge on any atom is -0.381 e. The van der Waals surface area contributed by atoms with Gasteiger partial charge in [0.05, 0.1) is 11.3 Å². The summed E-state index contributed by atoms with van der Waals surface area (Å²) >= 11 is 3.39. The van der Waals surface area contributed by atoms with Crippen molar-refractivity contribution in [1.82, 2.24) is 0 Å². The molecule has 3 heteroatoms. The number of nitrogens with one attached hydrogen (secondary N) is 1. The first-order valence-electron chi connectivity index (χ1n) is 5.21. The highest BCUT2D eigenvalue weighted by molar-refractivity contribution is 9.10. The SMILES string of the molecule is CCC1CC1Nc1cccc(Br)c1C#N. The Hall–Kier alpha value is -1.01. The lowest BCUT2D eigenvalue weighted by atomic mass is 10.2. The van der Waals surface area contributed by atoms with Gasteiger partial charge >= 0.3 is 0 Å². The number of nitrogens with zero attached hydrogens (tertiary/aromatic N) is 1. The molecule has 1 aromatic rings. The molecule has 2 rings (SSSR count). The zero-order valence-electron chi connectivity index (χ0n) is 8.63. The summed E-state index contributed by atoms with van der Waals surface area (Å²) < 4.78 is 0.865. The van der Waals surface area contributed by atoms with Crippen LogP contribution in [0.3, 0.4) is 0 Å². The molecule has 1 N–H and O–H groups in total. The quantitative estimate of drug-likeness (QED) is 0.907. The Kier molecular flexibility index (Phi) is 2.97. The van der Waals surface area contributed by atoms with E-state index in [9.17, 15) is 0 Å². The molecule has 0 heterocycles. The summed E-state index contributed by atoms with van der Waals surface area (Å²) in [6.45, 7) is 2.21. The summed E-state index contributed by atoms with van der Waals surface area (Å²) in [4.78, 5) is 0. The lowest BCUT2D eigenvalue weighted by Gasteiger charge is -2.08. The fourth-order valence-corrected chi connectivity index (χ4v) is 2.29. The van der Waals surface area contributed by atoms with E-state index in [2.05, 4.69) is 34.2 Å². The molecule has 0 aliphatic heterocycles. The monoisotopic (exact) mass is 264 g/mol. The Morgan fingerprint density at radius 1 is 1.60 bits per heavy atom. The maximum Gasteiger partial charge on any atom is 0.103 e. The van der Waals surface area contributed by atoms with Gasteiger partial charge in [0.2, 0.25) is 0 Å². The van der Waals surface area contributed by atoms with Crippen LogP contribution in [0.25, 0.3) is 0 Å². The van der Waals surface area contributed by atoms with Crippen LogP contribution in [0.5, 0.6) is 0 Å². The third kappa shape index (κ3) is 2.15. The van der Waals surface area contributed by atoms with E-state index < -0.39 is 0 Å². The van der Waals surface area contributed by atoms with Gasteiger partial charge in [-0.25, -0.2) is 0 Å². The van der Waals surface area contributed by atoms with Gasteiger partial charge in [-0.3, -0.25) is 0 Å². The molecule has 2 unspecified atom stereocenters. The van der Waals surface area contributed by atoms with Crippen molar-refractivity contribution in [3.05, 3.63) is 28.2 Å². The molecule has 1 saturated carbocycles. The highest BCUT2D eigenvalue weighted by Crippen LogP contribution is 2.37. The molecule has 0 amide bonds. The average molecular weight is 265 g/mol. The zero-order valence-corrected chi connectivity index (χ0v) is 10.2. The van der Waals surface area contributed by atoms with E-state index in [4.69, 9.17) is 5.26 Å². The largest absolute Gasteiger partial charge is 0.381 e. The van der Waals surface area contributed by atoms with Gasteiger partial charge in [0.15, 0.2) is 0 Å². The summed E-state index contributed by atoms with van der Waals surface area (Å²) in [5.74, 6) is 0.788. The number of rotatable bonds is 3. The summed E-state index contributed by atoms with van der Waals surface area (Å²) in [6.07, 6.45) is 2.45. The van der Waals surface area contributed by atoms with E-state index in [1.807, 2.05) is 18.2 Å². The first kappa shape index (κ1) is 10.5. The van der Waals surface area contributed by atoms with E-state index in [-0.39, 0.29) is 0 Å². The maximum absolute atomic E-state index is 9.04. The highest BCUT2D eigenvalue weighted by Gasteiger charge is 2.35. The predicted octanol–water partition coefficient (Wildman–Crippen LogP) is 3.53. The number of anilines is 1. The predicted molar refractivity (Wildman–Crippen MR) is 64.7 cm³/mol. The van der Waals surface area contributed by atoms with Crippen molar-refractivity contribution in [1.29, 1.82) is 5.26 Å². The molecule has 0 spiro atoms. The molecule has 15 heavy (non-hydrogen) atoms. The van der Waals surface area contributed by atoms with Crippen LogP contribution in [0.1, 0.15) is 25.3 Å². The maximum atomic E-state index is 9.04. The molecule has 0 aromatic heterocycles. The van der Waals surface area contributed by atoms with E-state index in [1.54, 1.807) is 0 Å². The normalized spacial score (nSPS) is 23.3. The second-order valence-corrected chi connectivity index (χ2v) is 4.78. The summed E-state index contributed by atoms with van der Waals surface area (Å²) in [6, 6.07) is 8.60. The molecule has 0 saturated heterocycles. The topological polar surface area (TPSA) is 35.8 Å². The lowest BCUT2D eigenvalue weighted by Crippen LogP contribution is -2.05. The van der Waals surface area contributed by atoms with Gasteiger partial charge in [-0.2, -0.15) is 5.26 Å². The van der Waals surface area contributed by atoms with Gasteiger partial charge in [0, 0.05) is 10.5 Å². The number of hydrogen-bond acceptors (Lipinski definition) is 2. The van der Waals surface area contributed by atoms with Crippen molar-refractivity contribution in [2.24, 2.45) is 5.92 Å². The Morgan fingerprint density at radius 3 is 3.00 bits per heavy atom. The highest BCUT2D eigenvalue weighted by atomic mass is 79.9. The Labute approximate surface area is 98.4 Å². The first-order chi connectivity index (χ1) is 7.26. The van der Waals surface area contributed by atoms with E-state index in [1.165, 1.54) is 12.8 Å². The van der Waals surface area contributed by atoms with Crippen LogP contribution in [0, 0.1) is 17.2 Å². The molecule has 1 aromatic carbocycles. The molecular formula is C12H13BrN2. The third-order valence-electron chi connectivity index (χ3n) is 2.91. The van der Waals surface area contributed by atoms with Gasteiger partial charge in [-0.1, -0.05) is 19.4 Å². The van der Waals surface area contributed by atoms with Gasteiger partial charge in [-0.05, 0) is 40.4 Å². The lowest BCUT2D eigenvalue weighted by molar-refractivity contribution is 0.775. The summed E-state index contributed by atoms with van der Waals surface area (Å²) in [5.41, 5.74) is 1.66. The van der Waals surface area contributed by atoms with Crippen LogP contribution in [-0.2, 0) is 0 Å². The second kappa shape index (κ2) is 4.24. The van der Waals surface area contributed by atoms with Crippen molar-refractivity contribution in [3.63, 3.8) is 0 Å². The van der Waals surface area contributed by atoms with Crippen LogP contribution in [0.2, 0.25) is 0 Å². The van der Waals surface area contributed by atoms with Crippen molar-refractivity contribution >= 4 is 21.6 Å². The van der Waals surface area contributed by atoms with E-state index in [0.717, 1.165) is 16.1 Å². The van der Waals surface area contributed by atoms with Crippen LogP contribution in [0.4, 0.5) is 5.69 Å². The van der Waals surface area contributed by atoms with Crippen molar-refractivity contribution in [2.45, 2.75) is 25.8 Å². The number of benzene rings is 1. The Morgan fingerprint density at radius 2 is 2.40 bits per heavy atom. The molecule has 0 bridgehead atoms. The molecule has 1 fully saturated rings. The molecule has 2 nitrogen and oxygen atoms in total. The standard InChI is InChI=1S/C12H13BrN2/c1-2-8-6-12(8)15-11-5-3-4-10(13)9(11)7-14/h3-5,8,12,15H,2,6H2,1H3. The molecule has 1 aliphatic rings. The van der Waals surface area contributed by atoms with Crippen LogP contribution in [-0.4, -0.2) is 6.04 Å².